The lowest BCUT2D eigenvalue weighted by molar-refractivity contribution is 0.290. The lowest BCUT2D eigenvalue weighted by Gasteiger charge is -2.41. The predicted molar refractivity (Wildman–Crippen MR) is 84.9 cm³/mol. The van der Waals surface area contributed by atoms with Crippen LogP contribution in [0.25, 0.3) is 0 Å². The summed E-state index contributed by atoms with van der Waals surface area (Å²) in [5, 5.41) is 8.78. The van der Waals surface area contributed by atoms with E-state index >= 15 is 0 Å². The topological polar surface area (TPSA) is 20.2 Å². The molecule has 0 spiro atoms. The summed E-state index contributed by atoms with van der Waals surface area (Å²) in [4.78, 5) is 0. The summed E-state index contributed by atoms with van der Waals surface area (Å²) in [7, 11) is 0. The Labute approximate surface area is 123 Å². The summed E-state index contributed by atoms with van der Waals surface area (Å²) in [5.41, 5.74) is 4.56. The molecule has 1 heteroatoms. The maximum Gasteiger partial charge on any atom is 0.0440 e. The van der Waals surface area contributed by atoms with Crippen molar-refractivity contribution in [1.82, 2.24) is 0 Å². The molecule has 1 aromatic rings. The Morgan fingerprint density at radius 1 is 1.05 bits per heavy atom. The third-order valence-electron chi connectivity index (χ3n) is 4.55. The van der Waals surface area contributed by atoms with Crippen LogP contribution in [0.15, 0.2) is 18.2 Å². The van der Waals surface area contributed by atoms with E-state index in [1.165, 1.54) is 24.0 Å². The van der Waals surface area contributed by atoms with Crippen molar-refractivity contribution in [1.29, 1.82) is 0 Å². The van der Waals surface area contributed by atoms with Gasteiger partial charge in [0.1, 0.15) is 0 Å². The van der Waals surface area contributed by atoms with E-state index in [9.17, 15) is 0 Å². The number of hydrogen-bond acceptors (Lipinski definition) is 1. The molecule has 0 atom stereocenters. The molecule has 108 valence electrons. The number of rotatable bonds is 2. The highest BCUT2D eigenvalue weighted by Crippen LogP contribution is 2.45. The Hall–Kier alpha value is -1.26. The molecule has 0 bridgehead atoms. The third kappa shape index (κ3) is 3.07. The van der Waals surface area contributed by atoms with Crippen molar-refractivity contribution in [3.05, 3.63) is 34.9 Å². The molecule has 20 heavy (non-hydrogen) atoms. The Morgan fingerprint density at radius 2 is 1.70 bits per heavy atom. The van der Waals surface area contributed by atoms with Crippen molar-refractivity contribution in [2.45, 2.75) is 64.2 Å². The second kappa shape index (κ2) is 5.62. The molecule has 1 aliphatic rings. The van der Waals surface area contributed by atoms with Gasteiger partial charge in [-0.25, -0.2) is 0 Å². The van der Waals surface area contributed by atoms with Crippen LogP contribution in [-0.2, 0) is 10.8 Å². The van der Waals surface area contributed by atoms with E-state index in [0.29, 0.717) is 0 Å². The first-order valence-electron chi connectivity index (χ1n) is 7.61. The molecule has 2 rings (SSSR count). The van der Waals surface area contributed by atoms with E-state index in [2.05, 4.69) is 57.7 Å². The van der Waals surface area contributed by atoms with Crippen LogP contribution in [-0.4, -0.2) is 11.7 Å². The van der Waals surface area contributed by atoms with Crippen LogP contribution in [0.5, 0.6) is 0 Å². The van der Waals surface area contributed by atoms with Crippen molar-refractivity contribution >= 4 is 0 Å². The summed E-state index contributed by atoms with van der Waals surface area (Å²) >= 11 is 0. The Balaban J connectivity index is 2.35. The summed E-state index contributed by atoms with van der Waals surface area (Å²) < 4.78 is 0. The van der Waals surface area contributed by atoms with Crippen molar-refractivity contribution in [2.75, 3.05) is 6.61 Å². The van der Waals surface area contributed by atoms with E-state index in [1.54, 1.807) is 0 Å². The van der Waals surface area contributed by atoms with Crippen LogP contribution in [0.2, 0.25) is 0 Å². The first-order valence-corrected chi connectivity index (χ1v) is 7.61. The highest BCUT2D eigenvalue weighted by molar-refractivity contribution is 5.48. The lowest BCUT2D eigenvalue weighted by Crippen LogP contribution is -2.33. The summed E-state index contributed by atoms with van der Waals surface area (Å²) in [5.74, 6) is 6.38. The van der Waals surface area contributed by atoms with E-state index in [4.69, 9.17) is 5.11 Å². The molecule has 1 aliphatic carbocycles. The number of unbranched alkanes of at least 4 members (excludes halogenated alkanes) is 1. The van der Waals surface area contributed by atoms with E-state index in [-0.39, 0.29) is 17.4 Å². The van der Waals surface area contributed by atoms with Crippen molar-refractivity contribution < 1.29 is 5.11 Å². The van der Waals surface area contributed by atoms with Gasteiger partial charge >= 0.3 is 0 Å². The summed E-state index contributed by atoms with van der Waals surface area (Å²) in [6.07, 6.45) is 4.00. The molecule has 0 radical (unpaired) electrons. The average Bonchev–Trinajstić information content (AvgIpc) is 2.40. The van der Waals surface area contributed by atoms with Crippen LogP contribution in [0.1, 0.15) is 70.1 Å². The van der Waals surface area contributed by atoms with Gasteiger partial charge in [0.15, 0.2) is 0 Å². The predicted octanol–water partition coefficient (Wildman–Crippen LogP) is 4.16. The van der Waals surface area contributed by atoms with Gasteiger partial charge in [0.2, 0.25) is 0 Å². The van der Waals surface area contributed by atoms with Crippen molar-refractivity contribution in [2.24, 2.45) is 0 Å². The van der Waals surface area contributed by atoms with Gasteiger partial charge in [-0.1, -0.05) is 45.6 Å². The first-order chi connectivity index (χ1) is 9.37. The second-order valence-electron chi connectivity index (χ2n) is 7.16. The van der Waals surface area contributed by atoms with Crippen LogP contribution in [0.4, 0.5) is 0 Å². The number of benzene rings is 1. The Bertz CT molecular complexity index is 541. The number of fused-ring (bicyclic) bond motifs is 1. The van der Waals surface area contributed by atoms with Gasteiger partial charge in [-0.05, 0) is 53.4 Å². The fourth-order valence-electron chi connectivity index (χ4n) is 3.00. The van der Waals surface area contributed by atoms with Crippen LogP contribution >= 0.6 is 0 Å². The number of hydrogen-bond donors (Lipinski definition) is 1. The molecule has 0 unspecified atom stereocenters. The zero-order chi connectivity index (χ0) is 14.8. The molecule has 0 aromatic heterocycles. The minimum Gasteiger partial charge on any atom is -0.396 e. The standard InChI is InChI=1S/C19H26O/c1-18(2)11-12-19(3,4)17-14-15(9-10-16(17)18)8-6-5-7-13-20/h9-10,14,20H,5,7,11-13H2,1-4H3. The SMILES string of the molecule is CC1(C)CCC(C)(C)c2cc(C#CCCCO)ccc21. The highest BCUT2D eigenvalue weighted by atomic mass is 16.2. The van der Waals surface area contributed by atoms with Crippen LogP contribution in [0, 0.1) is 11.8 Å². The van der Waals surface area contributed by atoms with Gasteiger partial charge in [0.05, 0.1) is 0 Å². The van der Waals surface area contributed by atoms with E-state index in [0.717, 1.165) is 18.4 Å². The molecule has 0 aliphatic heterocycles. The maximum atomic E-state index is 8.78. The normalized spacial score (nSPS) is 18.9. The minimum atomic E-state index is 0.222. The second-order valence-corrected chi connectivity index (χ2v) is 7.16. The van der Waals surface area contributed by atoms with Gasteiger partial charge in [-0.3, -0.25) is 0 Å². The molecule has 1 N–H and O–H groups in total. The Morgan fingerprint density at radius 3 is 2.35 bits per heavy atom. The van der Waals surface area contributed by atoms with Crippen LogP contribution < -0.4 is 0 Å². The van der Waals surface area contributed by atoms with E-state index in [1.807, 2.05) is 0 Å². The summed E-state index contributed by atoms with van der Waals surface area (Å²) in [6.45, 7) is 9.58. The molecule has 1 nitrogen and oxygen atoms in total. The number of aliphatic hydroxyl groups is 1. The molecule has 0 saturated carbocycles. The Kier molecular flexibility index (Phi) is 4.25. The first kappa shape index (κ1) is 15.1. The average molecular weight is 270 g/mol. The van der Waals surface area contributed by atoms with Crippen LogP contribution in [0.3, 0.4) is 0 Å². The van der Waals surface area contributed by atoms with Crippen molar-refractivity contribution in [3.8, 4) is 11.8 Å². The maximum absolute atomic E-state index is 8.78. The monoisotopic (exact) mass is 270 g/mol. The van der Waals surface area contributed by atoms with E-state index < -0.39 is 0 Å². The molecule has 0 amide bonds. The molecule has 1 aromatic carbocycles. The number of aliphatic hydroxyl groups excluding tert-OH is 1. The molecule has 0 saturated heterocycles. The fourth-order valence-corrected chi connectivity index (χ4v) is 3.00. The fraction of sp³-hybridized carbons (Fsp3) is 0.579. The van der Waals surface area contributed by atoms with Gasteiger partial charge in [-0.2, -0.15) is 0 Å². The molecule has 0 heterocycles. The smallest absolute Gasteiger partial charge is 0.0440 e. The minimum absolute atomic E-state index is 0.222. The van der Waals surface area contributed by atoms with Gasteiger partial charge < -0.3 is 5.11 Å². The van der Waals surface area contributed by atoms with Gasteiger partial charge in [0, 0.05) is 18.6 Å². The van der Waals surface area contributed by atoms with Gasteiger partial charge in [0.25, 0.3) is 0 Å². The zero-order valence-electron chi connectivity index (χ0n) is 13.2. The zero-order valence-corrected chi connectivity index (χ0v) is 13.2. The largest absolute Gasteiger partial charge is 0.396 e. The van der Waals surface area contributed by atoms with Crippen molar-refractivity contribution in [3.63, 3.8) is 0 Å². The molecule has 0 fully saturated rings. The highest BCUT2D eigenvalue weighted by Gasteiger charge is 2.36. The quantitative estimate of drug-likeness (QED) is 0.632. The molecular weight excluding hydrogens is 244 g/mol. The summed E-state index contributed by atoms with van der Waals surface area (Å²) in [6, 6.07) is 6.70. The van der Waals surface area contributed by atoms with Gasteiger partial charge in [-0.15, -0.1) is 0 Å². The molecular formula is C19H26O. The lowest BCUT2D eigenvalue weighted by atomic mass is 9.63. The third-order valence-corrected chi connectivity index (χ3v) is 4.55.